The van der Waals surface area contributed by atoms with Crippen LogP contribution in [0, 0.1) is 0 Å². The van der Waals surface area contributed by atoms with E-state index in [0.717, 1.165) is 128 Å². The Labute approximate surface area is 451 Å². The Morgan fingerprint density at radius 3 is 0.849 bits per heavy atom. The fraction of sp³-hybridized carbons (Fsp3) is 0.716. The summed E-state index contributed by atoms with van der Waals surface area (Å²) in [6.45, 7) is 6.50. The summed E-state index contributed by atoms with van der Waals surface area (Å²) in [5, 5.41) is 0. The Hall–Kier alpha value is -3.67. The van der Waals surface area contributed by atoms with Crippen LogP contribution >= 0.6 is 0 Å². The molecular weight excluding hydrogens is 901 g/mol. The van der Waals surface area contributed by atoms with E-state index in [0.29, 0.717) is 19.3 Å². The van der Waals surface area contributed by atoms with Gasteiger partial charge in [0.15, 0.2) is 6.10 Å². The largest absolute Gasteiger partial charge is 0.462 e. The molecule has 0 aromatic heterocycles. The van der Waals surface area contributed by atoms with Gasteiger partial charge in [0, 0.05) is 19.3 Å². The lowest BCUT2D eigenvalue weighted by Gasteiger charge is -2.18. The smallest absolute Gasteiger partial charge is 0.306 e. The van der Waals surface area contributed by atoms with E-state index in [1.807, 2.05) is 0 Å². The normalized spacial score (nSPS) is 12.8. The van der Waals surface area contributed by atoms with Crippen LogP contribution in [-0.4, -0.2) is 37.2 Å². The molecule has 0 N–H and O–H groups in total. The molecule has 0 aliphatic heterocycles. The molecule has 1 unspecified atom stereocenters. The third kappa shape index (κ3) is 59.1. The van der Waals surface area contributed by atoms with Gasteiger partial charge >= 0.3 is 17.9 Å². The zero-order chi connectivity index (χ0) is 52.9. The second-order valence-corrected chi connectivity index (χ2v) is 20.2. The van der Waals surface area contributed by atoms with Crippen LogP contribution in [0.15, 0.2) is 97.2 Å². The Bertz CT molecular complexity index is 1440. The molecule has 418 valence electrons. The van der Waals surface area contributed by atoms with Crippen molar-refractivity contribution in [2.45, 2.75) is 297 Å². The number of unbranched alkanes of at least 4 members (excludes halogenated alkanes) is 28. The number of hydrogen-bond acceptors (Lipinski definition) is 6. The van der Waals surface area contributed by atoms with Crippen molar-refractivity contribution in [1.29, 1.82) is 0 Å². The first-order valence-corrected chi connectivity index (χ1v) is 30.7. The van der Waals surface area contributed by atoms with E-state index >= 15 is 0 Å². The molecule has 0 rings (SSSR count). The van der Waals surface area contributed by atoms with Crippen molar-refractivity contribution in [2.24, 2.45) is 0 Å². The third-order valence-electron chi connectivity index (χ3n) is 13.0. The van der Waals surface area contributed by atoms with E-state index in [9.17, 15) is 14.4 Å². The van der Waals surface area contributed by atoms with Crippen LogP contribution < -0.4 is 0 Å². The fourth-order valence-corrected chi connectivity index (χ4v) is 8.44. The summed E-state index contributed by atoms with van der Waals surface area (Å²) in [4.78, 5) is 38.2. The Morgan fingerprint density at radius 2 is 0.534 bits per heavy atom. The van der Waals surface area contributed by atoms with Gasteiger partial charge in [-0.1, -0.05) is 246 Å². The molecule has 73 heavy (non-hydrogen) atoms. The summed E-state index contributed by atoms with van der Waals surface area (Å²) in [6, 6.07) is 0. The summed E-state index contributed by atoms with van der Waals surface area (Å²) < 4.78 is 16.9. The van der Waals surface area contributed by atoms with E-state index < -0.39 is 6.10 Å². The molecule has 0 amide bonds. The van der Waals surface area contributed by atoms with Gasteiger partial charge in [-0.25, -0.2) is 0 Å². The van der Waals surface area contributed by atoms with Crippen LogP contribution in [0.1, 0.15) is 290 Å². The predicted molar refractivity (Wildman–Crippen MR) is 316 cm³/mol. The standard InChI is InChI=1S/C67H114O6/c1-4-7-10-13-16-19-22-25-28-30-31-32-33-34-35-36-37-38-40-42-45-48-51-54-57-60-66(69)72-63-64(62-71-65(68)59-56-53-50-47-44-41-27-24-21-18-15-12-9-6-3)73-67(70)61-58-55-52-49-46-43-39-29-26-23-20-17-14-11-8-5-2/h7,10,16,19,24-25,27-29,31-32,34-35,37-39,64H,4-6,8-9,11-15,17-18,20-23,26,30,33,36,40-63H2,1-3H3/b10-7-,19-16-,27-24-,28-25-,32-31-,35-34-,38-37-,39-29-. The van der Waals surface area contributed by atoms with Crippen molar-refractivity contribution >= 4 is 17.9 Å². The molecule has 0 fully saturated rings. The molecule has 0 heterocycles. The predicted octanol–water partition coefficient (Wildman–Crippen LogP) is 20.9. The van der Waals surface area contributed by atoms with E-state index in [1.165, 1.54) is 122 Å². The van der Waals surface area contributed by atoms with Crippen molar-refractivity contribution < 1.29 is 28.6 Å². The average Bonchev–Trinajstić information content (AvgIpc) is 3.39. The highest BCUT2D eigenvalue weighted by Gasteiger charge is 2.19. The number of rotatable bonds is 55. The molecule has 0 aromatic carbocycles. The van der Waals surface area contributed by atoms with Gasteiger partial charge in [0.2, 0.25) is 0 Å². The second kappa shape index (κ2) is 60.9. The maximum atomic E-state index is 12.9. The molecule has 0 aliphatic rings. The topological polar surface area (TPSA) is 78.9 Å². The van der Waals surface area contributed by atoms with Gasteiger partial charge in [0.05, 0.1) is 0 Å². The van der Waals surface area contributed by atoms with E-state index in [-0.39, 0.29) is 31.1 Å². The lowest BCUT2D eigenvalue weighted by molar-refractivity contribution is -0.167. The first-order chi connectivity index (χ1) is 36.0. The van der Waals surface area contributed by atoms with Gasteiger partial charge in [-0.05, 0) is 122 Å². The van der Waals surface area contributed by atoms with Crippen molar-refractivity contribution in [3.05, 3.63) is 97.2 Å². The lowest BCUT2D eigenvalue weighted by Crippen LogP contribution is -2.30. The Balaban J connectivity index is 4.39. The van der Waals surface area contributed by atoms with Gasteiger partial charge in [0.1, 0.15) is 13.2 Å². The first-order valence-electron chi connectivity index (χ1n) is 30.7. The van der Waals surface area contributed by atoms with Gasteiger partial charge in [0.25, 0.3) is 0 Å². The first kappa shape index (κ1) is 69.3. The maximum Gasteiger partial charge on any atom is 0.306 e. The molecule has 1 atom stereocenters. The highest BCUT2D eigenvalue weighted by Crippen LogP contribution is 2.15. The molecule has 0 saturated carbocycles. The minimum absolute atomic E-state index is 0.0894. The van der Waals surface area contributed by atoms with Crippen molar-refractivity contribution in [3.63, 3.8) is 0 Å². The molecule has 0 bridgehead atoms. The van der Waals surface area contributed by atoms with Crippen molar-refractivity contribution in [1.82, 2.24) is 0 Å². The zero-order valence-corrected chi connectivity index (χ0v) is 47.9. The quantitative estimate of drug-likeness (QED) is 0.0261. The van der Waals surface area contributed by atoms with Crippen LogP contribution in [0.5, 0.6) is 0 Å². The number of carbonyl (C=O) groups excluding carboxylic acids is 3. The Kier molecular flexibility index (Phi) is 57.8. The van der Waals surface area contributed by atoms with Gasteiger partial charge in [-0.3, -0.25) is 14.4 Å². The van der Waals surface area contributed by atoms with Gasteiger partial charge in [-0.2, -0.15) is 0 Å². The number of ether oxygens (including phenoxy) is 3. The minimum Gasteiger partial charge on any atom is -0.462 e. The molecule has 0 radical (unpaired) electrons. The summed E-state index contributed by atoms with van der Waals surface area (Å²) >= 11 is 0. The molecular formula is C67H114O6. The SMILES string of the molecule is CC/C=C\C/C=C\C/C=C\C/C=C\C/C=C\C/C=C\CCCCCCCCC(=O)OCC(COC(=O)CCCCCCC/C=C\CCCCCCC)OC(=O)CCCCCCC/C=C\CCCCCCCCC. The van der Waals surface area contributed by atoms with Crippen LogP contribution in [0.3, 0.4) is 0 Å². The Morgan fingerprint density at radius 1 is 0.288 bits per heavy atom. The number of hydrogen-bond donors (Lipinski definition) is 0. The summed E-state index contributed by atoms with van der Waals surface area (Å²) in [7, 11) is 0. The van der Waals surface area contributed by atoms with Crippen LogP contribution in [0.2, 0.25) is 0 Å². The summed E-state index contributed by atoms with van der Waals surface area (Å²) in [6.07, 6.45) is 81.1. The minimum atomic E-state index is -0.793. The molecule has 6 nitrogen and oxygen atoms in total. The molecule has 0 spiro atoms. The van der Waals surface area contributed by atoms with Gasteiger partial charge in [-0.15, -0.1) is 0 Å². The monoisotopic (exact) mass is 1010 g/mol. The highest BCUT2D eigenvalue weighted by molar-refractivity contribution is 5.71. The summed E-state index contributed by atoms with van der Waals surface area (Å²) in [5.41, 5.74) is 0. The van der Waals surface area contributed by atoms with E-state index in [1.54, 1.807) is 0 Å². The van der Waals surface area contributed by atoms with Crippen LogP contribution in [0.4, 0.5) is 0 Å². The molecule has 0 aromatic rings. The summed E-state index contributed by atoms with van der Waals surface area (Å²) in [5.74, 6) is -0.914. The molecule has 6 heteroatoms. The highest BCUT2D eigenvalue weighted by atomic mass is 16.6. The van der Waals surface area contributed by atoms with Crippen molar-refractivity contribution in [3.8, 4) is 0 Å². The molecule has 0 saturated heterocycles. The fourth-order valence-electron chi connectivity index (χ4n) is 8.44. The third-order valence-corrected chi connectivity index (χ3v) is 13.0. The lowest BCUT2D eigenvalue weighted by atomic mass is 10.1. The van der Waals surface area contributed by atoms with Crippen LogP contribution in [-0.2, 0) is 28.6 Å². The van der Waals surface area contributed by atoms with Gasteiger partial charge < -0.3 is 14.2 Å². The number of carbonyl (C=O) groups is 3. The maximum absolute atomic E-state index is 12.9. The van der Waals surface area contributed by atoms with Crippen molar-refractivity contribution in [2.75, 3.05) is 13.2 Å². The second-order valence-electron chi connectivity index (χ2n) is 20.2. The van der Waals surface area contributed by atoms with Crippen LogP contribution in [0.25, 0.3) is 0 Å². The number of allylic oxidation sites excluding steroid dienone is 16. The molecule has 0 aliphatic carbocycles. The van der Waals surface area contributed by atoms with E-state index in [4.69, 9.17) is 14.2 Å². The van der Waals surface area contributed by atoms with E-state index in [2.05, 4.69) is 118 Å². The number of esters is 3. The zero-order valence-electron chi connectivity index (χ0n) is 47.9. The average molecular weight is 1020 g/mol.